The number of hydrogen-bond donors (Lipinski definition) is 1. The first kappa shape index (κ1) is 9.52. The predicted molar refractivity (Wildman–Crippen MR) is 55.2 cm³/mol. The summed E-state index contributed by atoms with van der Waals surface area (Å²) < 4.78 is 7.36. The van der Waals surface area contributed by atoms with Gasteiger partial charge in [0.25, 0.3) is 0 Å². The van der Waals surface area contributed by atoms with Gasteiger partial charge in [-0.25, -0.2) is 0 Å². The normalized spacial score (nSPS) is 32.1. The SMILES string of the molecule is CC1OCC(Nc2ccn(C)n2)C1C. The molecule has 4 heteroatoms. The number of ether oxygens (including phenoxy) is 1. The van der Waals surface area contributed by atoms with Gasteiger partial charge in [-0.3, -0.25) is 4.68 Å². The van der Waals surface area contributed by atoms with Gasteiger partial charge in [0.2, 0.25) is 0 Å². The minimum absolute atomic E-state index is 0.344. The third-order valence-corrected chi connectivity index (χ3v) is 2.96. The molecule has 0 aliphatic carbocycles. The molecule has 2 heterocycles. The second kappa shape index (κ2) is 3.61. The van der Waals surface area contributed by atoms with Gasteiger partial charge in [-0.15, -0.1) is 0 Å². The highest BCUT2D eigenvalue weighted by molar-refractivity contribution is 5.34. The Morgan fingerprint density at radius 2 is 2.36 bits per heavy atom. The summed E-state index contributed by atoms with van der Waals surface area (Å²) in [6, 6.07) is 2.37. The molecule has 0 bridgehead atoms. The standard InChI is InChI=1S/C10H17N3O/c1-7-8(2)14-6-9(7)11-10-4-5-13(3)12-10/h4-5,7-9H,6H2,1-3H3,(H,11,12). The van der Waals surface area contributed by atoms with Crippen LogP contribution >= 0.6 is 0 Å². The van der Waals surface area contributed by atoms with E-state index in [1.807, 2.05) is 19.3 Å². The second-order valence-electron chi connectivity index (χ2n) is 4.02. The molecule has 0 saturated carbocycles. The zero-order valence-electron chi connectivity index (χ0n) is 8.90. The number of nitrogens with one attached hydrogen (secondary N) is 1. The summed E-state index contributed by atoms with van der Waals surface area (Å²) in [5.41, 5.74) is 0. The van der Waals surface area contributed by atoms with Crippen molar-refractivity contribution in [3.63, 3.8) is 0 Å². The van der Waals surface area contributed by atoms with Gasteiger partial charge in [-0.1, -0.05) is 6.92 Å². The molecular formula is C10H17N3O. The van der Waals surface area contributed by atoms with Crippen molar-refractivity contribution in [2.75, 3.05) is 11.9 Å². The lowest BCUT2D eigenvalue weighted by molar-refractivity contribution is 0.109. The van der Waals surface area contributed by atoms with Crippen LogP contribution in [0.3, 0.4) is 0 Å². The number of aryl methyl sites for hydroxylation is 1. The lowest BCUT2D eigenvalue weighted by Crippen LogP contribution is -2.27. The fraction of sp³-hybridized carbons (Fsp3) is 0.700. The number of rotatable bonds is 2. The van der Waals surface area contributed by atoms with Gasteiger partial charge >= 0.3 is 0 Å². The maximum atomic E-state index is 5.56. The molecule has 1 aliphatic heterocycles. The Kier molecular flexibility index (Phi) is 2.46. The summed E-state index contributed by atoms with van der Waals surface area (Å²) in [5.74, 6) is 1.47. The molecule has 0 spiro atoms. The maximum Gasteiger partial charge on any atom is 0.148 e. The minimum atomic E-state index is 0.344. The molecule has 1 N–H and O–H groups in total. The number of hydrogen-bond acceptors (Lipinski definition) is 3. The molecule has 3 atom stereocenters. The first-order chi connectivity index (χ1) is 6.66. The summed E-state index contributed by atoms with van der Waals surface area (Å²) in [4.78, 5) is 0. The average molecular weight is 195 g/mol. The Balaban J connectivity index is 1.98. The van der Waals surface area contributed by atoms with Crippen molar-refractivity contribution in [1.29, 1.82) is 0 Å². The molecule has 2 rings (SSSR count). The molecular weight excluding hydrogens is 178 g/mol. The first-order valence-corrected chi connectivity index (χ1v) is 5.04. The van der Waals surface area contributed by atoms with E-state index < -0.39 is 0 Å². The summed E-state index contributed by atoms with van der Waals surface area (Å²) in [6.45, 7) is 5.10. The van der Waals surface area contributed by atoms with Crippen molar-refractivity contribution in [3.8, 4) is 0 Å². The molecule has 0 amide bonds. The summed E-state index contributed by atoms with van der Waals surface area (Å²) in [6.07, 6.45) is 2.28. The van der Waals surface area contributed by atoms with Crippen LogP contribution in [0.2, 0.25) is 0 Å². The van der Waals surface area contributed by atoms with Crippen LogP contribution in [0.4, 0.5) is 5.82 Å². The van der Waals surface area contributed by atoms with Crippen LogP contribution in [0.5, 0.6) is 0 Å². The van der Waals surface area contributed by atoms with E-state index in [0.29, 0.717) is 18.1 Å². The van der Waals surface area contributed by atoms with Gasteiger partial charge in [0.1, 0.15) is 5.82 Å². The quantitative estimate of drug-likeness (QED) is 0.772. The fourth-order valence-electron chi connectivity index (χ4n) is 1.74. The lowest BCUT2D eigenvalue weighted by atomic mass is 10.0. The fourth-order valence-corrected chi connectivity index (χ4v) is 1.74. The van der Waals surface area contributed by atoms with Gasteiger partial charge in [0.15, 0.2) is 0 Å². The topological polar surface area (TPSA) is 39.1 Å². The first-order valence-electron chi connectivity index (χ1n) is 5.04. The van der Waals surface area contributed by atoms with Crippen LogP contribution < -0.4 is 5.32 Å². The Labute approximate surface area is 84.3 Å². The van der Waals surface area contributed by atoms with E-state index in [4.69, 9.17) is 4.74 Å². The zero-order chi connectivity index (χ0) is 10.1. The van der Waals surface area contributed by atoms with Crippen LogP contribution in [0.1, 0.15) is 13.8 Å². The van der Waals surface area contributed by atoms with Crippen LogP contribution in [-0.2, 0) is 11.8 Å². The van der Waals surface area contributed by atoms with Gasteiger partial charge in [-0.05, 0) is 6.92 Å². The van der Waals surface area contributed by atoms with E-state index in [-0.39, 0.29) is 0 Å². The number of anilines is 1. The predicted octanol–water partition coefficient (Wildman–Crippen LogP) is 1.26. The molecule has 1 aromatic rings. The Morgan fingerprint density at radius 1 is 1.57 bits per heavy atom. The van der Waals surface area contributed by atoms with Gasteiger partial charge in [0.05, 0.1) is 18.8 Å². The van der Waals surface area contributed by atoms with Gasteiger partial charge in [0, 0.05) is 25.2 Å². The minimum Gasteiger partial charge on any atom is -0.376 e. The molecule has 1 saturated heterocycles. The monoisotopic (exact) mass is 195 g/mol. The van der Waals surface area contributed by atoms with E-state index >= 15 is 0 Å². The van der Waals surface area contributed by atoms with Gasteiger partial charge < -0.3 is 10.1 Å². The van der Waals surface area contributed by atoms with Crippen molar-refractivity contribution in [1.82, 2.24) is 9.78 Å². The van der Waals surface area contributed by atoms with Crippen molar-refractivity contribution >= 4 is 5.82 Å². The number of nitrogens with zero attached hydrogens (tertiary/aromatic N) is 2. The Hall–Kier alpha value is -1.03. The second-order valence-corrected chi connectivity index (χ2v) is 4.02. The molecule has 1 aromatic heterocycles. The molecule has 3 unspecified atom stereocenters. The average Bonchev–Trinajstić information content (AvgIpc) is 2.67. The molecule has 1 aliphatic rings. The van der Waals surface area contributed by atoms with E-state index in [1.165, 1.54) is 0 Å². The molecule has 78 valence electrons. The highest BCUT2D eigenvalue weighted by Crippen LogP contribution is 2.22. The molecule has 1 fully saturated rings. The van der Waals surface area contributed by atoms with Crippen LogP contribution in [0.25, 0.3) is 0 Å². The smallest absolute Gasteiger partial charge is 0.148 e. The van der Waals surface area contributed by atoms with Crippen LogP contribution in [0, 0.1) is 5.92 Å². The highest BCUT2D eigenvalue weighted by Gasteiger charge is 2.30. The number of aromatic nitrogens is 2. The molecule has 4 nitrogen and oxygen atoms in total. The Bertz CT molecular complexity index is 310. The lowest BCUT2D eigenvalue weighted by Gasteiger charge is -2.16. The third-order valence-electron chi connectivity index (χ3n) is 2.96. The summed E-state index contributed by atoms with van der Waals surface area (Å²) in [7, 11) is 1.92. The van der Waals surface area contributed by atoms with E-state index in [2.05, 4.69) is 24.3 Å². The maximum absolute atomic E-state index is 5.56. The van der Waals surface area contributed by atoms with E-state index in [0.717, 1.165) is 12.4 Å². The van der Waals surface area contributed by atoms with E-state index in [1.54, 1.807) is 4.68 Å². The zero-order valence-corrected chi connectivity index (χ0v) is 8.90. The van der Waals surface area contributed by atoms with Crippen LogP contribution in [-0.4, -0.2) is 28.5 Å². The van der Waals surface area contributed by atoms with Crippen molar-refractivity contribution in [3.05, 3.63) is 12.3 Å². The van der Waals surface area contributed by atoms with Crippen LogP contribution in [0.15, 0.2) is 12.3 Å². The highest BCUT2D eigenvalue weighted by atomic mass is 16.5. The van der Waals surface area contributed by atoms with Crippen molar-refractivity contribution in [2.24, 2.45) is 13.0 Å². The molecule has 0 radical (unpaired) electrons. The van der Waals surface area contributed by atoms with Gasteiger partial charge in [-0.2, -0.15) is 5.10 Å². The summed E-state index contributed by atoms with van der Waals surface area (Å²) >= 11 is 0. The molecule has 0 aromatic carbocycles. The molecule has 14 heavy (non-hydrogen) atoms. The van der Waals surface area contributed by atoms with E-state index in [9.17, 15) is 0 Å². The largest absolute Gasteiger partial charge is 0.376 e. The van der Waals surface area contributed by atoms with Crippen molar-refractivity contribution < 1.29 is 4.74 Å². The third kappa shape index (κ3) is 1.75. The summed E-state index contributed by atoms with van der Waals surface area (Å²) in [5, 5.41) is 7.67. The Morgan fingerprint density at radius 3 is 2.86 bits per heavy atom. The van der Waals surface area contributed by atoms with Crippen molar-refractivity contribution in [2.45, 2.75) is 26.0 Å².